The van der Waals surface area contributed by atoms with Crippen molar-refractivity contribution in [3.8, 4) is 6.26 Å². The van der Waals surface area contributed by atoms with Crippen LogP contribution in [0, 0.1) is 11.5 Å². The van der Waals surface area contributed by atoms with Gasteiger partial charge in [0.25, 0.3) is 6.26 Å². The normalized spacial score (nSPS) is 12.2. The molecule has 0 aliphatic heterocycles. The summed E-state index contributed by atoms with van der Waals surface area (Å²) in [6.45, 7) is 1.46. The molecule has 0 radical (unpaired) electrons. The lowest BCUT2D eigenvalue weighted by Crippen LogP contribution is -2.45. The summed E-state index contributed by atoms with van der Waals surface area (Å²) in [4.78, 5) is 36.7. The molecule has 108 valence electrons. The second-order valence-electron chi connectivity index (χ2n) is 3.70. The van der Waals surface area contributed by atoms with E-state index < -0.39 is 29.8 Å². The van der Waals surface area contributed by atoms with Gasteiger partial charge in [-0.3, -0.25) is 9.59 Å². The molecule has 0 aromatic heterocycles. The number of carbonyl (C=O) groups excluding carboxylic acids is 3. The molecule has 0 rings (SSSR count). The maximum Gasteiger partial charge on any atom is 0.344 e. The molecule has 0 heterocycles. The van der Waals surface area contributed by atoms with Crippen molar-refractivity contribution in [3.05, 3.63) is 5.53 Å². The van der Waals surface area contributed by atoms with E-state index in [9.17, 15) is 14.4 Å². The fourth-order valence-electron chi connectivity index (χ4n) is 1.18. The second-order valence-corrected chi connectivity index (χ2v) is 3.70. The summed E-state index contributed by atoms with van der Waals surface area (Å²) >= 11 is 0. The number of nitrogens with one attached hydrogen (secondary N) is 1. The van der Waals surface area contributed by atoms with Crippen LogP contribution in [-0.4, -0.2) is 47.9 Å². The average Bonchev–Trinajstić information content (AvgIpc) is 2.42. The summed E-state index contributed by atoms with van der Waals surface area (Å²) in [6, 6.07) is -1.17. The molecule has 0 aromatic carbocycles. The highest BCUT2D eigenvalue weighted by Crippen LogP contribution is 2.02. The number of hydrogen-bond donors (Lipinski definition) is 1. The predicted molar refractivity (Wildman–Crippen MR) is 64.0 cm³/mol. The van der Waals surface area contributed by atoms with Gasteiger partial charge in [0.05, 0.1) is 0 Å². The highest BCUT2D eigenvalue weighted by atomic mass is 16.5. The van der Waals surface area contributed by atoms with Crippen molar-refractivity contribution >= 4 is 23.9 Å². The molecule has 1 N–H and O–H groups in total. The van der Waals surface area contributed by atoms with Gasteiger partial charge >= 0.3 is 12.2 Å². The lowest BCUT2D eigenvalue weighted by Gasteiger charge is -2.17. The Morgan fingerprint density at radius 1 is 1.50 bits per heavy atom. The Bertz CT molecular complexity index is 464. The van der Waals surface area contributed by atoms with E-state index in [1.807, 2.05) is 0 Å². The minimum atomic E-state index is -1.17. The number of hydrogen-bond acceptors (Lipinski definition) is 6. The molecule has 2 atom stereocenters. The molecular formula is C11H14N4O5. The largest absolute Gasteiger partial charge is 0.372 e. The van der Waals surface area contributed by atoms with Gasteiger partial charge in [-0.25, -0.2) is 4.79 Å². The molecule has 0 aromatic rings. The molecule has 0 spiro atoms. The van der Waals surface area contributed by atoms with E-state index >= 15 is 0 Å². The number of methoxy groups -OCH3 is 1. The molecule has 9 heteroatoms. The highest BCUT2D eigenvalue weighted by Gasteiger charge is 2.25. The number of ketones is 1. The van der Waals surface area contributed by atoms with Crippen LogP contribution in [0.3, 0.4) is 0 Å². The van der Waals surface area contributed by atoms with Crippen LogP contribution in [0.15, 0.2) is 0 Å². The van der Waals surface area contributed by atoms with Crippen LogP contribution in [0.2, 0.25) is 0 Å². The SMILES string of the molecule is CO[C@H](C)C(=O)N[C@@H](CCC(=O)C=[N+]=[N-])C(=O)OC#N. The Hall–Kier alpha value is -2.56. The first-order chi connectivity index (χ1) is 9.46. The van der Waals surface area contributed by atoms with E-state index in [1.165, 1.54) is 20.3 Å². The molecule has 20 heavy (non-hydrogen) atoms. The fraction of sp³-hybridized carbons (Fsp3) is 0.545. The maximum absolute atomic E-state index is 11.6. The smallest absolute Gasteiger partial charge is 0.344 e. The van der Waals surface area contributed by atoms with Gasteiger partial charge in [0.15, 0.2) is 0 Å². The van der Waals surface area contributed by atoms with Crippen LogP contribution in [-0.2, 0) is 23.9 Å². The molecule has 0 bridgehead atoms. The topological polar surface area (TPSA) is 142 Å². The number of amides is 1. The first-order valence-electron chi connectivity index (χ1n) is 5.59. The van der Waals surface area contributed by atoms with Crippen molar-refractivity contribution in [1.82, 2.24) is 5.32 Å². The molecular weight excluding hydrogens is 268 g/mol. The van der Waals surface area contributed by atoms with Crippen LogP contribution in [0.5, 0.6) is 0 Å². The van der Waals surface area contributed by atoms with Gasteiger partial charge in [-0.05, 0) is 13.3 Å². The Balaban J connectivity index is 4.69. The quantitative estimate of drug-likeness (QED) is 0.202. The number of Topliss-reactive ketones (excluding diaryl/α,β-unsaturated/α-hetero) is 1. The molecule has 0 aliphatic carbocycles. The van der Waals surface area contributed by atoms with Gasteiger partial charge in [-0.2, -0.15) is 4.79 Å². The minimum absolute atomic E-state index is 0.104. The second kappa shape index (κ2) is 9.38. The molecule has 0 saturated heterocycles. The van der Waals surface area contributed by atoms with E-state index in [2.05, 4.69) is 14.8 Å². The maximum atomic E-state index is 11.6. The zero-order valence-corrected chi connectivity index (χ0v) is 11.0. The van der Waals surface area contributed by atoms with Crippen LogP contribution < -0.4 is 5.32 Å². The molecule has 0 fully saturated rings. The van der Waals surface area contributed by atoms with Crippen molar-refractivity contribution in [2.45, 2.75) is 31.9 Å². The third-order valence-electron chi connectivity index (χ3n) is 2.35. The van der Waals surface area contributed by atoms with E-state index in [-0.39, 0.29) is 12.8 Å². The van der Waals surface area contributed by atoms with E-state index in [4.69, 9.17) is 15.5 Å². The molecule has 9 nitrogen and oxygen atoms in total. The lowest BCUT2D eigenvalue weighted by atomic mass is 10.1. The van der Waals surface area contributed by atoms with Crippen LogP contribution in [0.1, 0.15) is 19.8 Å². The van der Waals surface area contributed by atoms with Crippen molar-refractivity contribution < 1.29 is 28.6 Å². The molecule has 0 unspecified atom stereocenters. The van der Waals surface area contributed by atoms with Gasteiger partial charge in [0.2, 0.25) is 11.7 Å². The summed E-state index contributed by atoms with van der Waals surface area (Å²) in [5.74, 6) is -2.12. The number of rotatable bonds is 8. The monoisotopic (exact) mass is 282 g/mol. The Morgan fingerprint density at radius 2 is 2.15 bits per heavy atom. The third-order valence-corrected chi connectivity index (χ3v) is 2.35. The Morgan fingerprint density at radius 3 is 2.65 bits per heavy atom. The number of ether oxygens (including phenoxy) is 2. The van der Waals surface area contributed by atoms with Crippen molar-refractivity contribution in [2.75, 3.05) is 7.11 Å². The van der Waals surface area contributed by atoms with Crippen LogP contribution >= 0.6 is 0 Å². The van der Waals surface area contributed by atoms with E-state index in [0.29, 0.717) is 6.21 Å². The van der Waals surface area contributed by atoms with Crippen LogP contribution in [0.25, 0.3) is 5.53 Å². The fourth-order valence-corrected chi connectivity index (χ4v) is 1.18. The summed E-state index contributed by atoms with van der Waals surface area (Å²) in [7, 11) is 1.31. The third kappa shape index (κ3) is 6.39. The zero-order chi connectivity index (χ0) is 15.5. The summed E-state index contributed by atoms with van der Waals surface area (Å²) in [6.07, 6.45) is 0.790. The van der Waals surface area contributed by atoms with Gasteiger partial charge in [0.1, 0.15) is 12.1 Å². The first kappa shape index (κ1) is 17.4. The van der Waals surface area contributed by atoms with Gasteiger partial charge < -0.3 is 20.3 Å². The molecule has 0 saturated carbocycles. The standard InChI is InChI=1S/C11H14N4O5/c1-7(19-2)10(17)15-9(11(18)20-6-12)4-3-8(16)5-14-13/h5,7,9H,3-4H2,1-2H3,(H,15,17)/t7-,9+/m1/s1. The van der Waals surface area contributed by atoms with Gasteiger partial charge in [0, 0.05) is 13.5 Å². The summed E-state index contributed by atoms with van der Waals surface area (Å²) in [5.41, 5.74) is 8.17. The zero-order valence-electron chi connectivity index (χ0n) is 11.0. The van der Waals surface area contributed by atoms with Crippen molar-refractivity contribution in [1.29, 1.82) is 5.26 Å². The van der Waals surface area contributed by atoms with E-state index in [1.54, 1.807) is 0 Å². The average molecular weight is 282 g/mol. The predicted octanol–water partition coefficient (Wildman–Crippen LogP) is -0.820. The van der Waals surface area contributed by atoms with E-state index in [0.717, 1.165) is 0 Å². The van der Waals surface area contributed by atoms with Crippen molar-refractivity contribution in [3.63, 3.8) is 0 Å². The molecule has 0 aliphatic rings. The van der Waals surface area contributed by atoms with Crippen molar-refractivity contribution in [2.24, 2.45) is 0 Å². The summed E-state index contributed by atoms with van der Waals surface area (Å²) in [5, 5.41) is 10.6. The minimum Gasteiger partial charge on any atom is -0.372 e. The number of nitriles is 1. The Labute approximate surface area is 115 Å². The Kier molecular flexibility index (Phi) is 8.18. The number of esters is 1. The summed E-state index contributed by atoms with van der Waals surface area (Å²) < 4.78 is 8.89. The van der Waals surface area contributed by atoms with Gasteiger partial charge in [-0.15, -0.1) is 5.26 Å². The van der Waals surface area contributed by atoms with Crippen LogP contribution in [0.4, 0.5) is 0 Å². The first-order valence-corrected chi connectivity index (χ1v) is 5.59. The highest BCUT2D eigenvalue weighted by molar-refractivity contribution is 6.25. The number of nitrogens with zero attached hydrogens (tertiary/aromatic N) is 3. The van der Waals surface area contributed by atoms with Gasteiger partial charge in [-0.1, -0.05) is 0 Å². The molecule has 1 amide bonds. The lowest BCUT2D eigenvalue weighted by molar-refractivity contribution is -0.143. The number of carbonyl (C=O) groups is 3.